The van der Waals surface area contributed by atoms with Crippen LogP contribution in [0.3, 0.4) is 0 Å². The second-order valence-corrected chi connectivity index (χ2v) is 9.20. The zero-order valence-corrected chi connectivity index (χ0v) is 21.1. The largest absolute Gasteiger partial charge is 0.451 e. The quantitative estimate of drug-likeness (QED) is 0.465. The van der Waals surface area contributed by atoms with E-state index in [0.29, 0.717) is 13.0 Å². The summed E-state index contributed by atoms with van der Waals surface area (Å²) in [5, 5.41) is 2.67. The number of carbonyl (C=O) groups is 2. The molecule has 2 rings (SSSR count). The molecule has 0 saturated heterocycles. The molecule has 2 amide bonds. The van der Waals surface area contributed by atoms with Crippen molar-refractivity contribution in [1.82, 2.24) is 14.5 Å². The van der Waals surface area contributed by atoms with E-state index in [4.69, 9.17) is 9.47 Å². The molecule has 1 N–H and O–H groups in total. The van der Waals surface area contributed by atoms with Gasteiger partial charge in [0, 0.05) is 26.7 Å². The van der Waals surface area contributed by atoms with Crippen LogP contribution in [0.4, 0.5) is 13.6 Å². The van der Waals surface area contributed by atoms with Gasteiger partial charge in [-0.15, -0.1) is 0 Å². The molecule has 0 fully saturated rings. The van der Waals surface area contributed by atoms with Gasteiger partial charge in [0.25, 0.3) is 0 Å². The summed E-state index contributed by atoms with van der Waals surface area (Å²) in [7, 11) is -0.608. The van der Waals surface area contributed by atoms with Crippen molar-refractivity contribution < 1.29 is 32.1 Å². The normalized spacial score (nSPS) is 11.7. The number of hydrogen-bond acceptors (Lipinski definition) is 5. The summed E-state index contributed by atoms with van der Waals surface area (Å²) in [4.78, 5) is 25.2. The highest BCUT2D eigenvalue weighted by atomic mass is 32.2. The van der Waals surface area contributed by atoms with Crippen LogP contribution in [-0.2, 0) is 20.5 Å². The molecule has 11 heteroatoms. The van der Waals surface area contributed by atoms with Gasteiger partial charge < -0.3 is 19.7 Å². The Kier molecular flexibility index (Phi) is 11.1. The SMILES string of the molecule is CCCNC(=O)CN(CCN(C)C(=O)OCC)S(=O)c1cc(F)c(Oc2ccc(C)cc2)c(F)c1. The molecule has 0 aliphatic heterocycles. The fourth-order valence-corrected chi connectivity index (χ4v) is 4.08. The molecule has 0 spiro atoms. The number of hydrogen-bond donors (Lipinski definition) is 1. The van der Waals surface area contributed by atoms with Gasteiger partial charge in [0.15, 0.2) is 17.4 Å². The van der Waals surface area contributed by atoms with Crippen molar-refractivity contribution in [3.05, 3.63) is 53.6 Å². The van der Waals surface area contributed by atoms with Crippen LogP contribution in [0.5, 0.6) is 11.5 Å². The minimum atomic E-state index is -2.10. The first-order valence-corrected chi connectivity index (χ1v) is 12.3. The Morgan fingerprint density at radius 1 is 1.06 bits per heavy atom. The first-order chi connectivity index (χ1) is 16.7. The van der Waals surface area contributed by atoms with E-state index in [2.05, 4.69) is 5.32 Å². The van der Waals surface area contributed by atoms with Gasteiger partial charge in [0.2, 0.25) is 5.91 Å². The number of ether oxygens (including phenoxy) is 2. The predicted octanol–water partition coefficient (Wildman–Crippen LogP) is 4.00. The van der Waals surface area contributed by atoms with Gasteiger partial charge in [-0.25, -0.2) is 22.1 Å². The van der Waals surface area contributed by atoms with Crippen LogP contribution in [0.15, 0.2) is 41.3 Å². The van der Waals surface area contributed by atoms with Crippen LogP contribution in [0.25, 0.3) is 0 Å². The van der Waals surface area contributed by atoms with Crippen molar-refractivity contribution in [3.63, 3.8) is 0 Å². The molecule has 1 atom stereocenters. The Labute approximate surface area is 206 Å². The topological polar surface area (TPSA) is 88.2 Å². The molecule has 8 nitrogen and oxygen atoms in total. The van der Waals surface area contributed by atoms with Gasteiger partial charge in [-0.1, -0.05) is 24.6 Å². The van der Waals surface area contributed by atoms with Gasteiger partial charge in [0.05, 0.1) is 18.0 Å². The molecule has 0 aromatic heterocycles. The highest BCUT2D eigenvalue weighted by Gasteiger charge is 2.24. The van der Waals surface area contributed by atoms with Crippen LogP contribution in [0.2, 0.25) is 0 Å². The molecule has 0 saturated carbocycles. The molecule has 0 heterocycles. The maximum absolute atomic E-state index is 14.8. The number of nitrogens with one attached hydrogen (secondary N) is 1. The van der Waals surface area contributed by atoms with Crippen molar-refractivity contribution in [2.45, 2.75) is 32.1 Å². The van der Waals surface area contributed by atoms with Gasteiger partial charge in [-0.2, -0.15) is 0 Å². The first kappa shape index (κ1) is 28.2. The Morgan fingerprint density at radius 2 is 1.69 bits per heavy atom. The van der Waals surface area contributed by atoms with Crippen molar-refractivity contribution in [3.8, 4) is 11.5 Å². The average molecular weight is 512 g/mol. The molecular weight excluding hydrogens is 480 g/mol. The fourth-order valence-electron chi connectivity index (χ4n) is 2.90. The highest BCUT2D eigenvalue weighted by Crippen LogP contribution is 2.30. The number of halogens is 2. The maximum atomic E-state index is 14.8. The summed E-state index contributed by atoms with van der Waals surface area (Å²) < 4.78 is 54.2. The summed E-state index contributed by atoms with van der Waals surface area (Å²) in [6.45, 7) is 5.81. The highest BCUT2D eigenvalue weighted by molar-refractivity contribution is 7.82. The van der Waals surface area contributed by atoms with Crippen molar-refractivity contribution >= 4 is 23.0 Å². The molecule has 0 radical (unpaired) electrons. The first-order valence-electron chi connectivity index (χ1n) is 11.2. The van der Waals surface area contributed by atoms with Crippen LogP contribution >= 0.6 is 0 Å². The van der Waals surface area contributed by atoms with E-state index in [0.717, 1.165) is 17.7 Å². The minimum Gasteiger partial charge on any atom is -0.451 e. The van der Waals surface area contributed by atoms with E-state index < -0.39 is 40.4 Å². The Hall–Kier alpha value is -3.05. The fraction of sp³-hybridized carbons (Fsp3) is 0.417. The van der Waals surface area contributed by atoms with E-state index in [-0.39, 0.29) is 36.9 Å². The van der Waals surface area contributed by atoms with E-state index in [1.807, 2.05) is 13.8 Å². The van der Waals surface area contributed by atoms with E-state index in [9.17, 15) is 22.6 Å². The summed E-state index contributed by atoms with van der Waals surface area (Å²) in [6, 6.07) is 8.46. The molecule has 2 aromatic rings. The smallest absolute Gasteiger partial charge is 0.409 e. The van der Waals surface area contributed by atoms with Gasteiger partial charge in [0.1, 0.15) is 16.7 Å². The third kappa shape index (κ3) is 8.59. The molecule has 1 unspecified atom stereocenters. The molecule has 2 aromatic carbocycles. The second kappa shape index (κ2) is 13.7. The number of amides is 2. The van der Waals surface area contributed by atoms with Crippen LogP contribution < -0.4 is 10.1 Å². The Bertz CT molecular complexity index is 1010. The second-order valence-electron chi connectivity index (χ2n) is 7.71. The number of aryl methyl sites for hydroxylation is 1. The van der Waals surface area contributed by atoms with E-state index in [1.165, 1.54) is 16.3 Å². The van der Waals surface area contributed by atoms with E-state index >= 15 is 0 Å². The summed E-state index contributed by atoms with van der Waals surface area (Å²) in [5.74, 6) is -2.84. The predicted molar refractivity (Wildman–Crippen MR) is 129 cm³/mol. The molecule has 0 bridgehead atoms. The monoisotopic (exact) mass is 511 g/mol. The lowest BCUT2D eigenvalue weighted by atomic mass is 10.2. The standard InChI is InChI=1S/C24H31F2N3O5S/c1-5-11-27-22(30)16-29(13-12-28(4)24(31)33-6-2)35(32)19-14-20(25)23(21(26)15-19)34-18-9-7-17(3)8-10-18/h7-10,14-15H,5-6,11-13,16H2,1-4H3,(H,27,30). The van der Waals surface area contributed by atoms with Crippen molar-refractivity contribution in [2.75, 3.05) is 39.8 Å². The zero-order chi connectivity index (χ0) is 26.0. The minimum absolute atomic E-state index is 0.00761. The van der Waals surface area contributed by atoms with Crippen LogP contribution in [0, 0.1) is 18.6 Å². The van der Waals surface area contributed by atoms with Gasteiger partial charge >= 0.3 is 6.09 Å². The third-order valence-electron chi connectivity index (χ3n) is 4.81. The molecule has 192 valence electrons. The lowest BCUT2D eigenvalue weighted by Crippen LogP contribution is -2.42. The lowest BCUT2D eigenvalue weighted by molar-refractivity contribution is -0.121. The van der Waals surface area contributed by atoms with Crippen molar-refractivity contribution in [1.29, 1.82) is 0 Å². The third-order valence-corrected chi connectivity index (χ3v) is 6.22. The van der Waals surface area contributed by atoms with E-state index in [1.54, 1.807) is 31.2 Å². The molecule has 0 aliphatic rings. The maximum Gasteiger partial charge on any atom is 0.409 e. The molecular formula is C24H31F2N3O5S. The lowest BCUT2D eigenvalue weighted by Gasteiger charge is -2.24. The summed E-state index contributed by atoms with van der Waals surface area (Å²) in [6.07, 6.45) is 0.127. The van der Waals surface area contributed by atoms with Crippen LogP contribution in [-0.4, -0.2) is 65.2 Å². The zero-order valence-electron chi connectivity index (χ0n) is 20.3. The van der Waals surface area contributed by atoms with Crippen molar-refractivity contribution in [2.24, 2.45) is 0 Å². The number of rotatable bonds is 12. The van der Waals surface area contributed by atoms with Gasteiger partial charge in [-0.3, -0.25) is 4.79 Å². The Morgan fingerprint density at radius 3 is 2.26 bits per heavy atom. The average Bonchev–Trinajstić information content (AvgIpc) is 2.83. The summed E-state index contributed by atoms with van der Waals surface area (Å²) in [5.41, 5.74) is 0.959. The number of carbonyl (C=O) groups excluding carboxylic acids is 2. The Balaban J connectivity index is 2.23. The number of likely N-dealkylation sites (N-methyl/N-ethyl adjacent to an activating group) is 1. The molecule has 0 aliphatic carbocycles. The summed E-state index contributed by atoms with van der Waals surface area (Å²) >= 11 is 0. The number of nitrogens with zero attached hydrogens (tertiary/aromatic N) is 2. The van der Waals surface area contributed by atoms with Crippen LogP contribution in [0.1, 0.15) is 25.8 Å². The molecule has 35 heavy (non-hydrogen) atoms. The number of benzene rings is 2. The van der Waals surface area contributed by atoms with Gasteiger partial charge in [-0.05, 0) is 44.5 Å².